The molecule has 2 aliphatic rings. The lowest BCUT2D eigenvalue weighted by Crippen LogP contribution is -2.42. The maximum atomic E-state index is 3.76. The van der Waals surface area contributed by atoms with Gasteiger partial charge >= 0.3 is 0 Å². The van der Waals surface area contributed by atoms with Crippen LogP contribution in [0.5, 0.6) is 0 Å². The van der Waals surface area contributed by atoms with Crippen LogP contribution in [0.15, 0.2) is 24.3 Å². The van der Waals surface area contributed by atoms with Crippen molar-refractivity contribution in [1.82, 2.24) is 5.32 Å². The normalized spacial score (nSPS) is 31.3. The lowest BCUT2D eigenvalue weighted by atomic mass is 9.74. The summed E-state index contributed by atoms with van der Waals surface area (Å²) >= 11 is 2.16. The Hall–Kier alpha value is -0.470. The molecule has 0 amide bonds. The van der Waals surface area contributed by atoms with Gasteiger partial charge in [-0.25, -0.2) is 0 Å². The van der Waals surface area contributed by atoms with Crippen molar-refractivity contribution in [3.8, 4) is 0 Å². The molecule has 1 aliphatic carbocycles. The van der Waals surface area contributed by atoms with Gasteiger partial charge < -0.3 is 5.32 Å². The van der Waals surface area contributed by atoms with Crippen molar-refractivity contribution in [2.45, 2.75) is 49.8 Å². The third-order valence-electron chi connectivity index (χ3n) is 4.42. The molecule has 0 aromatic heterocycles. The number of aryl methyl sites for hydroxylation is 1. The maximum Gasteiger partial charge on any atom is 0.0172 e. The topological polar surface area (TPSA) is 12.0 Å². The highest BCUT2D eigenvalue weighted by molar-refractivity contribution is 8.00. The molecular weight excluding hydrogens is 238 g/mol. The molecule has 1 aliphatic heterocycles. The number of thioether (sulfide) groups is 1. The van der Waals surface area contributed by atoms with Crippen LogP contribution in [-0.4, -0.2) is 23.6 Å². The van der Waals surface area contributed by atoms with E-state index in [-0.39, 0.29) is 0 Å². The van der Waals surface area contributed by atoms with E-state index in [1.54, 1.807) is 5.56 Å². The van der Waals surface area contributed by atoms with Crippen LogP contribution in [0, 0.1) is 6.92 Å². The summed E-state index contributed by atoms with van der Waals surface area (Å²) in [6.07, 6.45) is 5.52. The summed E-state index contributed by atoms with van der Waals surface area (Å²) in [6.45, 7) is 3.47. The summed E-state index contributed by atoms with van der Waals surface area (Å²) in [6, 6.07) is 9.65. The Bertz CT molecular complexity index is 392. The Kier molecular flexibility index (Phi) is 3.95. The van der Waals surface area contributed by atoms with Gasteiger partial charge in [0.15, 0.2) is 0 Å². The molecule has 1 unspecified atom stereocenters. The summed E-state index contributed by atoms with van der Waals surface area (Å²) in [4.78, 5) is 0. The van der Waals surface area contributed by atoms with E-state index < -0.39 is 0 Å². The molecule has 1 aromatic carbocycles. The summed E-state index contributed by atoms with van der Waals surface area (Å²) in [7, 11) is 0. The molecule has 0 bridgehead atoms. The van der Waals surface area contributed by atoms with Gasteiger partial charge in [-0.2, -0.15) is 11.8 Å². The van der Waals surface area contributed by atoms with Gasteiger partial charge in [-0.1, -0.05) is 24.3 Å². The van der Waals surface area contributed by atoms with Gasteiger partial charge in [-0.15, -0.1) is 0 Å². The highest BCUT2D eigenvalue weighted by atomic mass is 32.2. The monoisotopic (exact) mass is 261 g/mol. The molecule has 2 heteroatoms. The minimum atomic E-state index is 0.774. The van der Waals surface area contributed by atoms with E-state index in [1.165, 1.54) is 43.5 Å². The second-order valence-corrected chi connectivity index (χ2v) is 7.17. The third kappa shape index (κ3) is 2.75. The fourth-order valence-corrected chi connectivity index (χ4v) is 4.40. The average Bonchev–Trinajstić information content (AvgIpc) is 2.82. The molecule has 1 heterocycles. The zero-order valence-corrected chi connectivity index (χ0v) is 12.0. The maximum absolute atomic E-state index is 3.76. The predicted molar refractivity (Wildman–Crippen MR) is 80.4 cm³/mol. The van der Waals surface area contributed by atoms with Crippen LogP contribution in [0.25, 0.3) is 0 Å². The van der Waals surface area contributed by atoms with Crippen molar-refractivity contribution < 1.29 is 0 Å². The van der Waals surface area contributed by atoms with Crippen molar-refractivity contribution in [2.24, 2.45) is 0 Å². The van der Waals surface area contributed by atoms with Gasteiger partial charge in [-0.3, -0.25) is 0 Å². The fraction of sp³-hybridized carbons (Fsp3) is 0.625. The first-order valence-corrected chi connectivity index (χ1v) is 8.28. The first-order valence-electron chi connectivity index (χ1n) is 7.23. The number of nitrogens with one attached hydrogen (secondary N) is 1. The third-order valence-corrected chi connectivity index (χ3v) is 5.82. The van der Waals surface area contributed by atoms with Crippen molar-refractivity contribution in [3.63, 3.8) is 0 Å². The van der Waals surface area contributed by atoms with E-state index in [2.05, 4.69) is 48.3 Å². The predicted octanol–water partition coefficient (Wildman–Crippen LogP) is 3.73. The Morgan fingerprint density at radius 3 is 2.83 bits per heavy atom. The lowest BCUT2D eigenvalue weighted by molar-refractivity contribution is 0.291. The van der Waals surface area contributed by atoms with Crippen LogP contribution < -0.4 is 5.32 Å². The SMILES string of the molecule is Cc1ccccc1C1CC(NCC2CCCS2)C1. The van der Waals surface area contributed by atoms with Crippen molar-refractivity contribution in [1.29, 1.82) is 0 Å². The van der Waals surface area contributed by atoms with Crippen molar-refractivity contribution in [3.05, 3.63) is 35.4 Å². The second-order valence-electron chi connectivity index (χ2n) is 5.77. The van der Waals surface area contributed by atoms with Crippen LogP contribution in [0.1, 0.15) is 42.7 Å². The molecule has 18 heavy (non-hydrogen) atoms. The van der Waals surface area contributed by atoms with Crippen molar-refractivity contribution in [2.75, 3.05) is 12.3 Å². The summed E-state index contributed by atoms with van der Waals surface area (Å²) in [5, 5.41) is 4.65. The van der Waals surface area contributed by atoms with Crippen molar-refractivity contribution >= 4 is 11.8 Å². The van der Waals surface area contributed by atoms with Gasteiger partial charge in [0.2, 0.25) is 0 Å². The largest absolute Gasteiger partial charge is 0.313 e. The summed E-state index contributed by atoms with van der Waals surface area (Å²) in [5.41, 5.74) is 3.04. The standard InChI is InChI=1S/C16H23NS/c1-12-5-2-3-7-16(12)13-9-14(10-13)17-11-15-6-4-8-18-15/h2-3,5,7,13-15,17H,4,6,8-11H2,1H3. The Morgan fingerprint density at radius 1 is 1.28 bits per heavy atom. The minimum absolute atomic E-state index is 0.774. The summed E-state index contributed by atoms with van der Waals surface area (Å²) in [5.74, 6) is 2.18. The van der Waals surface area contributed by atoms with E-state index in [0.717, 1.165) is 17.2 Å². The molecule has 1 saturated heterocycles. The van der Waals surface area contributed by atoms with Crippen LogP contribution >= 0.6 is 11.8 Å². The smallest absolute Gasteiger partial charge is 0.0172 e. The summed E-state index contributed by atoms with van der Waals surface area (Å²) < 4.78 is 0. The van der Waals surface area contributed by atoms with Gasteiger partial charge in [0.1, 0.15) is 0 Å². The molecule has 1 aromatic rings. The Balaban J connectivity index is 1.44. The van der Waals surface area contributed by atoms with E-state index in [4.69, 9.17) is 0 Å². The number of rotatable bonds is 4. The molecule has 1 atom stereocenters. The number of benzene rings is 1. The highest BCUT2D eigenvalue weighted by Crippen LogP contribution is 2.38. The Labute approximate surface area is 115 Å². The quantitative estimate of drug-likeness (QED) is 0.886. The zero-order chi connectivity index (χ0) is 12.4. The first-order chi connectivity index (χ1) is 8.83. The molecule has 2 fully saturated rings. The molecule has 3 rings (SSSR count). The van der Waals surface area contributed by atoms with E-state index in [1.807, 2.05) is 0 Å². The minimum Gasteiger partial charge on any atom is -0.313 e. The molecular formula is C16H23NS. The molecule has 0 radical (unpaired) electrons. The van der Waals surface area contributed by atoms with Crippen LogP contribution in [-0.2, 0) is 0 Å². The average molecular weight is 261 g/mol. The van der Waals surface area contributed by atoms with Gasteiger partial charge in [0.25, 0.3) is 0 Å². The second kappa shape index (κ2) is 5.66. The zero-order valence-electron chi connectivity index (χ0n) is 11.2. The van der Waals surface area contributed by atoms with Crippen LogP contribution in [0.3, 0.4) is 0 Å². The van der Waals surface area contributed by atoms with E-state index in [9.17, 15) is 0 Å². The molecule has 1 saturated carbocycles. The molecule has 0 spiro atoms. The molecule has 98 valence electrons. The fourth-order valence-electron chi connectivity index (χ4n) is 3.19. The van der Waals surface area contributed by atoms with Crippen LogP contribution in [0.4, 0.5) is 0 Å². The Morgan fingerprint density at radius 2 is 2.11 bits per heavy atom. The van der Waals surface area contributed by atoms with Gasteiger partial charge in [-0.05, 0) is 55.4 Å². The molecule has 1 nitrogen and oxygen atoms in total. The number of hydrogen-bond acceptors (Lipinski definition) is 2. The lowest BCUT2D eigenvalue weighted by Gasteiger charge is -2.37. The van der Waals surface area contributed by atoms with Gasteiger partial charge in [0, 0.05) is 17.8 Å². The number of hydrogen-bond donors (Lipinski definition) is 1. The van der Waals surface area contributed by atoms with Crippen LogP contribution in [0.2, 0.25) is 0 Å². The first kappa shape index (κ1) is 12.6. The van der Waals surface area contributed by atoms with E-state index >= 15 is 0 Å². The van der Waals surface area contributed by atoms with Gasteiger partial charge in [0.05, 0.1) is 0 Å². The van der Waals surface area contributed by atoms with E-state index in [0.29, 0.717) is 0 Å². The highest BCUT2D eigenvalue weighted by Gasteiger charge is 2.31. The molecule has 1 N–H and O–H groups in total.